The Kier molecular flexibility index (Phi) is 24.8. The van der Waals surface area contributed by atoms with Crippen LogP contribution in [0.15, 0.2) is 153 Å². The fourth-order valence-electron chi connectivity index (χ4n) is 6.63. The maximum Gasteiger partial charge on any atom is 0.254 e. The van der Waals surface area contributed by atoms with Crippen LogP contribution in [-0.4, -0.2) is 57.5 Å². The Hall–Kier alpha value is -4.77. The number of carbonyl (C=O) groups is 1. The Morgan fingerprint density at radius 2 is 0.896 bits per heavy atom. The summed E-state index contributed by atoms with van der Waals surface area (Å²) in [5.74, 6) is 0.595. The van der Waals surface area contributed by atoms with E-state index in [9.17, 15) is 26.7 Å². The van der Waals surface area contributed by atoms with Gasteiger partial charge in [0.2, 0.25) is 19.7 Å². The molecule has 1 saturated heterocycles. The molecular formula is C57H85NO7S2. The van der Waals surface area contributed by atoms with E-state index in [0.29, 0.717) is 32.7 Å². The number of carbonyl (C=O) groups excluding carboxylic acids is 1. The minimum Gasteiger partial charge on any atom is -0.489 e. The van der Waals surface area contributed by atoms with Gasteiger partial charge in [-0.15, -0.1) is 0 Å². The first-order valence-corrected chi connectivity index (χ1v) is 25.7. The smallest absolute Gasteiger partial charge is 0.254 e. The number of hydrogen-bond acceptors (Lipinski definition) is 7. The first-order valence-electron chi connectivity index (χ1n) is 22.8. The molecule has 1 aliphatic heterocycles. The van der Waals surface area contributed by atoms with E-state index in [1.165, 1.54) is 19.4 Å². The van der Waals surface area contributed by atoms with Crippen molar-refractivity contribution in [3.63, 3.8) is 0 Å². The molecule has 6 rings (SSSR count). The van der Waals surface area contributed by atoms with Crippen molar-refractivity contribution in [3.05, 3.63) is 150 Å². The van der Waals surface area contributed by atoms with Crippen molar-refractivity contribution >= 4 is 25.6 Å². The first-order chi connectivity index (χ1) is 30.2. The van der Waals surface area contributed by atoms with Gasteiger partial charge in [-0.25, -0.2) is 16.8 Å². The highest BCUT2D eigenvalue weighted by molar-refractivity contribution is 7.91. The third kappa shape index (κ3) is 19.4. The highest BCUT2D eigenvalue weighted by Gasteiger charge is 2.35. The molecule has 0 radical (unpaired) electrons. The van der Waals surface area contributed by atoms with Gasteiger partial charge in [0.15, 0.2) is 0 Å². The summed E-state index contributed by atoms with van der Waals surface area (Å²) in [6.45, 7) is 31.6. The Morgan fingerprint density at radius 3 is 1.24 bits per heavy atom. The molecule has 0 saturated carbocycles. The van der Waals surface area contributed by atoms with Gasteiger partial charge >= 0.3 is 0 Å². The van der Waals surface area contributed by atoms with Crippen LogP contribution in [0.4, 0.5) is 0 Å². The van der Waals surface area contributed by atoms with Crippen LogP contribution in [0.25, 0.3) is 0 Å². The number of amides is 1. The van der Waals surface area contributed by atoms with E-state index < -0.39 is 25.3 Å². The van der Waals surface area contributed by atoms with Crippen LogP contribution in [0, 0.1) is 5.41 Å². The minimum absolute atomic E-state index is 0. The van der Waals surface area contributed by atoms with Crippen LogP contribution >= 0.6 is 0 Å². The molecule has 0 aliphatic carbocycles. The molecule has 8 nitrogen and oxygen atoms in total. The van der Waals surface area contributed by atoms with E-state index >= 15 is 0 Å². The predicted molar refractivity (Wildman–Crippen MR) is 282 cm³/mol. The van der Waals surface area contributed by atoms with E-state index in [1.54, 1.807) is 77.7 Å². The third-order valence-electron chi connectivity index (χ3n) is 10.1. The normalized spacial score (nSPS) is 13.7. The Balaban J connectivity index is 0.000000928. The molecule has 1 N–H and O–H groups in total. The Morgan fingerprint density at radius 1 is 0.552 bits per heavy atom. The summed E-state index contributed by atoms with van der Waals surface area (Å²) in [6, 6.07) is 39.5. The topological polar surface area (TPSA) is 118 Å². The molecule has 0 bridgehead atoms. The van der Waals surface area contributed by atoms with Gasteiger partial charge in [-0.1, -0.05) is 178 Å². The monoisotopic (exact) mass is 960 g/mol. The molecule has 1 heterocycles. The van der Waals surface area contributed by atoms with Gasteiger partial charge in [0.1, 0.15) is 17.5 Å². The van der Waals surface area contributed by atoms with Crippen molar-refractivity contribution in [1.29, 1.82) is 0 Å². The molecule has 1 atom stereocenters. The molecule has 5 aromatic rings. The first kappa shape index (κ1) is 62.2. The van der Waals surface area contributed by atoms with Crippen molar-refractivity contribution in [3.8, 4) is 5.75 Å². The number of benzene rings is 5. The molecule has 67 heavy (non-hydrogen) atoms. The van der Waals surface area contributed by atoms with Gasteiger partial charge < -0.3 is 14.7 Å². The zero-order chi connectivity index (χ0) is 49.4. The lowest BCUT2D eigenvalue weighted by Crippen LogP contribution is -2.44. The number of likely N-dealkylation sites (tertiary alicyclic amines) is 1. The molecule has 5 aromatic carbocycles. The molecule has 1 fully saturated rings. The van der Waals surface area contributed by atoms with Crippen LogP contribution in [0.3, 0.4) is 0 Å². The van der Waals surface area contributed by atoms with Crippen LogP contribution in [0.5, 0.6) is 5.75 Å². The third-order valence-corrected chi connectivity index (χ3v) is 13.7. The molecular weight excluding hydrogens is 875 g/mol. The summed E-state index contributed by atoms with van der Waals surface area (Å²) in [5, 5.41) is 9.80. The summed E-state index contributed by atoms with van der Waals surface area (Å²) in [7, 11) is -6.80. The van der Waals surface area contributed by atoms with E-state index in [0.717, 1.165) is 29.7 Å². The second-order valence-electron chi connectivity index (χ2n) is 19.4. The molecule has 0 spiro atoms. The lowest BCUT2D eigenvalue weighted by atomic mass is 9.87. The molecule has 0 aromatic heterocycles. The van der Waals surface area contributed by atoms with Gasteiger partial charge in [-0.2, -0.15) is 0 Å². The van der Waals surface area contributed by atoms with Gasteiger partial charge in [-0.3, -0.25) is 4.79 Å². The van der Waals surface area contributed by atoms with E-state index in [-0.39, 0.29) is 43.1 Å². The number of sulfone groups is 2. The van der Waals surface area contributed by atoms with Crippen molar-refractivity contribution in [2.24, 2.45) is 5.41 Å². The quantitative estimate of drug-likeness (QED) is 0.165. The summed E-state index contributed by atoms with van der Waals surface area (Å²) >= 11 is 0. The maximum absolute atomic E-state index is 12.4. The summed E-state index contributed by atoms with van der Waals surface area (Å²) in [5.41, 5.74) is 2.58. The van der Waals surface area contributed by atoms with Crippen molar-refractivity contribution < 1.29 is 31.5 Å². The average Bonchev–Trinajstić information content (AvgIpc) is 3.73. The summed E-state index contributed by atoms with van der Waals surface area (Å²) in [6.07, 6.45) is 1.72. The maximum atomic E-state index is 12.4. The molecule has 1 aliphatic rings. The number of hydrogen-bond donors (Lipinski definition) is 1. The van der Waals surface area contributed by atoms with Crippen LogP contribution in [-0.2, 0) is 41.7 Å². The fourth-order valence-corrected chi connectivity index (χ4v) is 9.19. The van der Waals surface area contributed by atoms with Gasteiger partial charge in [0.25, 0.3) is 5.91 Å². The molecule has 1 unspecified atom stereocenters. The standard InChI is InChI=1S/C18H27NO3.C17H20O2S.C16H18O2S.2C2H6.2CH4/c1-17(2,3)13-6-8-14(9-7-13)22-15-10-11-19(12-15)16(20)18(4,5)21;1-17(2,3)13-14-9-11-16(12-10-14)20(18,19)15-7-5-4-6-8-15;1-16(2,3)13-9-11-15(12-10-13)19(17,18)14-7-5-4-6-8-14;2*1-2;;/h6-9,15,21H,10-12H2,1-5H3;4-12H,13H2,1-3H3;4-12H,1-3H3;2*1-2H3;2*1H4. The molecule has 10 heteroatoms. The van der Waals surface area contributed by atoms with E-state index in [1.807, 2.05) is 76.2 Å². The average molecular weight is 960 g/mol. The lowest BCUT2D eigenvalue weighted by Gasteiger charge is -2.24. The van der Waals surface area contributed by atoms with E-state index in [4.69, 9.17) is 4.74 Å². The van der Waals surface area contributed by atoms with Crippen molar-refractivity contribution in [1.82, 2.24) is 4.90 Å². The number of nitrogens with zero attached hydrogens (tertiary/aromatic N) is 1. The van der Waals surface area contributed by atoms with Crippen LogP contribution in [0.1, 0.15) is 142 Å². The Bertz CT molecular complexity index is 2390. The summed E-state index contributed by atoms with van der Waals surface area (Å²) in [4.78, 5) is 15.1. The lowest BCUT2D eigenvalue weighted by molar-refractivity contribution is -0.146. The minimum atomic E-state index is -3.40. The molecule has 372 valence electrons. The summed E-state index contributed by atoms with van der Waals surface area (Å²) < 4.78 is 55.6. The highest BCUT2D eigenvalue weighted by atomic mass is 32.2. The second kappa shape index (κ2) is 26.7. The number of ether oxygens (including phenoxy) is 1. The largest absolute Gasteiger partial charge is 0.489 e. The van der Waals surface area contributed by atoms with Crippen LogP contribution in [0.2, 0.25) is 0 Å². The van der Waals surface area contributed by atoms with E-state index in [2.05, 4.69) is 74.4 Å². The SMILES string of the molecule is C.C.CC.CC.CC(C)(C)Cc1ccc(S(=O)(=O)c2ccccc2)cc1.CC(C)(C)c1ccc(S(=O)(=O)c2ccccc2)cc1.CC(C)(O)C(=O)N1CCC(Oc2ccc(C(C)(C)C)cc2)C1. The number of rotatable bonds is 8. The van der Waals surface area contributed by atoms with Gasteiger partial charge in [0, 0.05) is 13.0 Å². The zero-order valence-electron chi connectivity index (χ0n) is 41.8. The van der Waals surface area contributed by atoms with Gasteiger partial charge in [0.05, 0.1) is 26.1 Å². The zero-order valence-corrected chi connectivity index (χ0v) is 43.4. The predicted octanol–water partition coefficient (Wildman–Crippen LogP) is 14.0. The van der Waals surface area contributed by atoms with Crippen molar-refractivity contribution in [2.45, 2.75) is 174 Å². The fraction of sp³-hybridized carbons (Fsp3) is 0.456. The van der Waals surface area contributed by atoms with Crippen molar-refractivity contribution in [2.75, 3.05) is 13.1 Å². The molecule has 1 amide bonds. The highest BCUT2D eigenvalue weighted by Crippen LogP contribution is 2.29. The van der Waals surface area contributed by atoms with Crippen LogP contribution < -0.4 is 4.74 Å². The number of aliphatic hydroxyl groups is 1. The second-order valence-corrected chi connectivity index (χ2v) is 23.3. The van der Waals surface area contributed by atoms with Gasteiger partial charge in [-0.05, 0) is 114 Å². The Labute approximate surface area is 408 Å².